The lowest BCUT2D eigenvalue weighted by molar-refractivity contribution is 0.0867. The number of hydrogen-bond donors (Lipinski definition) is 1. The van der Waals surface area contributed by atoms with Gasteiger partial charge in [0.05, 0.1) is 0 Å². The average Bonchev–Trinajstić information content (AvgIpc) is 2.87. The van der Waals surface area contributed by atoms with Gasteiger partial charge in [0.15, 0.2) is 11.6 Å². The van der Waals surface area contributed by atoms with Crippen LogP contribution in [0.2, 0.25) is 0 Å². The van der Waals surface area contributed by atoms with Crippen LogP contribution in [0, 0.1) is 5.82 Å². The van der Waals surface area contributed by atoms with E-state index in [1.165, 1.54) is 25.5 Å². The molecule has 0 aliphatic rings. The molecule has 0 aliphatic carbocycles. The highest BCUT2D eigenvalue weighted by atomic mass is 19.1. The number of hydrogen-bond acceptors (Lipinski definition) is 4. The molecule has 0 atom stereocenters. The van der Waals surface area contributed by atoms with Crippen LogP contribution in [0.1, 0.15) is 21.9 Å². The Morgan fingerprint density at radius 3 is 2.84 bits per heavy atom. The summed E-state index contributed by atoms with van der Waals surface area (Å²) in [5.41, 5.74) is 1.04. The van der Waals surface area contributed by atoms with E-state index in [9.17, 15) is 9.18 Å². The average molecular weight is 264 g/mol. The first kappa shape index (κ1) is 13.2. The monoisotopic (exact) mass is 264 g/mol. The highest BCUT2D eigenvalue weighted by molar-refractivity contribution is 5.91. The van der Waals surface area contributed by atoms with E-state index in [4.69, 9.17) is 9.15 Å². The van der Waals surface area contributed by atoms with Crippen LogP contribution in [0.5, 0.6) is 0 Å². The zero-order chi connectivity index (χ0) is 13.7. The van der Waals surface area contributed by atoms with Crippen molar-refractivity contribution in [2.45, 2.75) is 6.42 Å². The molecule has 0 unspecified atom stereocenters. The van der Waals surface area contributed by atoms with Crippen molar-refractivity contribution in [3.63, 3.8) is 0 Å². The summed E-state index contributed by atoms with van der Waals surface area (Å²) in [6, 6.07) is 6.02. The number of benzene rings is 1. The fourth-order valence-electron chi connectivity index (χ4n) is 1.50. The Morgan fingerprint density at radius 2 is 2.16 bits per heavy atom. The van der Waals surface area contributed by atoms with E-state index in [0.717, 1.165) is 5.56 Å². The summed E-state index contributed by atoms with van der Waals surface area (Å²) in [5.74, 6) is -0.263. The second kappa shape index (κ2) is 6.10. The van der Waals surface area contributed by atoms with E-state index in [-0.39, 0.29) is 24.1 Å². The molecule has 100 valence electrons. The van der Waals surface area contributed by atoms with Crippen molar-refractivity contribution in [2.75, 3.05) is 13.8 Å². The number of rotatable bonds is 5. The summed E-state index contributed by atoms with van der Waals surface area (Å²) in [6.45, 7) is 0.110. The molecule has 1 heterocycles. The van der Waals surface area contributed by atoms with Crippen LogP contribution in [-0.4, -0.2) is 24.7 Å². The van der Waals surface area contributed by atoms with Crippen LogP contribution in [0.4, 0.5) is 4.39 Å². The molecular weight excluding hydrogens is 251 g/mol. The quantitative estimate of drug-likeness (QED) is 0.835. The van der Waals surface area contributed by atoms with Crippen molar-refractivity contribution in [1.29, 1.82) is 0 Å². The van der Waals surface area contributed by atoms with E-state index < -0.39 is 0 Å². The summed E-state index contributed by atoms with van der Waals surface area (Å²) >= 11 is 0. The Labute approximate surface area is 109 Å². The molecule has 1 aromatic carbocycles. The zero-order valence-electron chi connectivity index (χ0n) is 10.4. The number of methoxy groups -OCH3 is 1. The third-order valence-corrected chi connectivity index (χ3v) is 2.43. The molecule has 0 saturated heterocycles. The molecule has 1 N–H and O–H groups in total. The van der Waals surface area contributed by atoms with Gasteiger partial charge in [-0.05, 0) is 17.7 Å². The van der Waals surface area contributed by atoms with Crippen molar-refractivity contribution in [2.24, 2.45) is 0 Å². The molecule has 0 saturated carbocycles. The lowest BCUT2D eigenvalue weighted by Crippen LogP contribution is -2.25. The maximum atomic E-state index is 12.7. The van der Waals surface area contributed by atoms with Gasteiger partial charge in [-0.15, -0.1) is 0 Å². The minimum Gasteiger partial charge on any atom is -0.448 e. The molecule has 2 rings (SSSR count). The zero-order valence-corrected chi connectivity index (χ0v) is 10.4. The Balaban J connectivity index is 2.01. The number of aromatic nitrogens is 1. The minimum atomic E-state index is -0.365. The Morgan fingerprint density at radius 1 is 1.42 bits per heavy atom. The molecule has 2 aromatic rings. The molecule has 6 heteroatoms. The van der Waals surface area contributed by atoms with E-state index in [1.807, 2.05) is 0 Å². The van der Waals surface area contributed by atoms with Gasteiger partial charge in [-0.2, -0.15) is 0 Å². The number of halogens is 1. The van der Waals surface area contributed by atoms with Crippen molar-refractivity contribution >= 4 is 5.91 Å². The Bertz CT molecular complexity index is 551. The largest absolute Gasteiger partial charge is 0.448 e. The van der Waals surface area contributed by atoms with Crippen LogP contribution >= 0.6 is 0 Å². The third-order valence-electron chi connectivity index (χ3n) is 2.43. The number of oxazole rings is 1. The van der Waals surface area contributed by atoms with Crippen LogP contribution in [0.15, 0.2) is 34.9 Å². The Kier molecular flexibility index (Phi) is 4.25. The van der Waals surface area contributed by atoms with Gasteiger partial charge >= 0.3 is 0 Å². The number of amides is 1. The molecule has 0 radical (unpaired) electrons. The molecule has 19 heavy (non-hydrogen) atoms. The summed E-state index contributed by atoms with van der Waals surface area (Å²) in [5, 5.41) is 2.50. The van der Waals surface area contributed by atoms with E-state index >= 15 is 0 Å². The summed E-state index contributed by atoms with van der Waals surface area (Å²) in [4.78, 5) is 15.6. The highest BCUT2D eigenvalue weighted by Crippen LogP contribution is 2.10. The lowest BCUT2D eigenvalue weighted by atomic mass is 10.1. The van der Waals surface area contributed by atoms with Crippen LogP contribution in [-0.2, 0) is 11.2 Å². The van der Waals surface area contributed by atoms with Crippen LogP contribution in [0.25, 0.3) is 0 Å². The SMILES string of the molecule is COCNC(=O)c1coc(Cc2ccc(F)cc2)n1. The molecule has 5 nitrogen and oxygen atoms in total. The van der Waals surface area contributed by atoms with Crippen molar-refractivity contribution in [3.8, 4) is 0 Å². The summed E-state index contributed by atoms with van der Waals surface area (Å²) < 4.78 is 22.7. The van der Waals surface area contributed by atoms with Crippen molar-refractivity contribution in [3.05, 3.63) is 53.5 Å². The smallest absolute Gasteiger partial charge is 0.275 e. The van der Waals surface area contributed by atoms with Gasteiger partial charge in [0.1, 0.15) is 18.8 Å². The lowest BCUT2D eigenvalue weighted by Gasteiger charge is -1.99. The highest BCUT2D eigenvalue weighted by Gasteiger charge is 2.11. The molecule has 1 amide bonds. The molecular formula is C13H13FN2O3. The fraction of sp³-hybridized carbons (Fsp3) is 0.231. The van der Waals surface area contributed by atoms with E-state index in [1.54, 1.807) is 12.1 Å². The second-order valence-electron chi connectivity index (χ2n) is 3.87. The minimum absolute atomic E-state index is 0.110. The van der Waals surface area contributed by atoms with Crippen LogP contribution < -0.4 is 5.32 Å². The second-order valence-corrected chi connectivity index (χ2v) is 3.87. The summed E-state index contributed by atoms with van der Waals surface area (Å²) in [7, 11) is 1.48. The van der Waals surface area contributed by atoms with Gasteiger partial charge < -0.3 is 14.5 Å². The maximum Gasteiger partial charge on any atom is 0.275 e. The number of carbonyl (C=O) groups excluding carboxylic acids is 1. The first-order valence-corrected chi connectivity index (χ1v) is 5.65. The molecule has 0 spiro atoms. The van der Waals surface area contributed by atoms with E-state index in [2.05, 4.69) is 10.3 Å². The third kappa shape index (κ3) is 3.62. The van der Waals surface area contributed by atoms with Crippen molar-refractivity contribution < 1.29 is 18.3 Å². The maximum absolute atomic E-state index is 12.7. The number of ether oxygens (including phenoxy) is 1. The normalized spacial score (nSPS) is 10.4. The first-order chi connectivity index (χ1) is 9.19. The predicted octanol–water partition coefficient (Wildman–Crippen LogP) is 1.74. The van der Waals surface area contributed by atoms with Gasteiger partial charge in [0.25, 0.3) is 5.91 Å². The van der Waals surface area contributed by atoms with Crippen LogP contribution in [0.3, 0.4) is 0 Å². The molecule has 0 fully saturated rings. The van der Waals surface area contributed by atoms with Gasteiger partial charge in [-0.3, -0.25) is 4.79 Å². The Hall–Kier alpha value is -2.21. The van der Waals surface area contributed by atoms with E-state index in [0.29, 0.717) is 12.3 Å². The number of nitrogens with one attached hydrogen (secondary N) is 1. The van der Waals surface area contributed by atoms with Gasteiger partial charge in [0, 0.05) is 13.5 Å². The standard InChI is InChI=1S/C13H13FN2O3/c1-18-8-15-13(17)11-7-19-12(16-11)6-9-2-4-10(14)5-3-9/h2-5,7H,6,8H2,1H3,(H,15,17). The molecule has 0 bridgehead atoms. The summed E-state index contributed by atoms with van der Waals surface area (Å²) in [6.07, 6.45) is 1.68. The fourth-order valence-corrected chi connectivity index (χ4v) is 1.50. The number of nitrogens with zero attached hydrogens (tertiary/aromatic N) is 1. The predicted molar refractivity (Wildman–Crippen MR) is 65.1 cm³/mol. The molecule has 1 aromatic heterocycles. The topological polar surface area (TPSA) is 64.4 Å². The van der Waals surface area contributed by atoms with Crippen molar-refractivity contribution in [1.82, 2.24) is 10.3 Å². The molecule has 0 aliphatic heterocycles. The van der Waals surface area contributed by atoms with Gasteiger partial charge in [0.2, 0.25) is 0 Å². The number of carbonyl (C=O) groups is 1. The first-order valence-electron chi connectivity index (χ1n) is 5.65. The van der Waals surface area contributed by atoms with Gasteiger partial charge in [-0.25, -0.2) is 9.37 Å². The van der Waals surface area contributed by atoms with Gasteiger partial charge in [-0.1, -0.05) is 12.1 Å².